The fraction of sp³-hybridized carbons (Fsp3) is 0.615. The SMILES string of the molecule is CN1CCC=C(c2nsnc2OCCN2COCC2=O)C1. The van der Waals surface area contributed by atoms with Gasteiger partial charge in [-0.2, -0.15) is 4.37 Å². The Hall–Kier alpha value is -1.51. The van der Waals surface area contributed by atoms with Gasteiger partial charge < -0.3 is 19.3 Å². The van der Waals surface area contributed by atoms with Gasteiger partial charge in [0, 0.05) is 13.1 Å². The number of hydrogen-bond acceptors (Lipinski definition) is 7. The van der Waals surface area contributed by atoms with E-state index in [1.165, 1.54) is 0 Å². The number of carbonyl (C=O) groups is 1. The molecule has 1 saturated heterocycles. The molecule has 0 atom stereocenters. The van der Waals surface area contributed by atoms with Crippen LogP contribution in [0.25, 0.3) is 5.57 Å². The van der Waals surface area contributed by atoms with Crippen molar-refractivity contribution in [2.75, 3.05) is 46.6 Å². The molecule has 1 aromatic rings. The lowest BCUT2D eigenvalue weighted by atomic mass is 10.1. The van der Waals surface area contributed by atoms with Gasteiger partial charge in [0.2, 0.25) is 0 Å². The zero-order valence-electron chi connectivity index (χ0n) is 11.9. The number of amides is 1. The Bertz CT molecular complexity index is 545. The quantitative estimate of drug-likeness (QED) is 0.787. The van der Waals surface area contributed by atoms with Crippen molar-refractivity contribution < 1.29 is 14.3 Å². The molecule has 0 spiro atoms. The normalized spacial score (nSPS) is 20.0. The van der Waals surface area contributed by atoms with Crippen molar-refractivity contribution in [2.45, 2.75) is 6.42 Å². The zero-order chi connectivity index (χ0) is 14.7. The average molecular weight is 310 g/mol. The molecule has 0 saturated carbocycles. The van der Waals surface area contributed by atoms with Gasteiger partial charge in [-0.05, 0) is 19.0 Å². The lowest BCUT2D eigenvalue weighted by Gasteiger charge is -2.22. The van der Waals surface area contributed by atoms with Crippen LogP contribution in [0.3, 0.4) is 0 Å². The first-order valence-electron chi connectivity index (χ1n) is 6.93. The average Bonchev–Trinajstić information content (AvgIpc) is 3.09. The second-order valence-corrected chi connectivity index (χ2v) is 5.69. The van der Waals surface area contributed by atoms with Crippen LogP contribution in [0.2, 0.25) is 0 Å². The minimum atomic E-state index is 0.00633. The molecule has 1 aromatic heterocycles. The molecule has 0 unspecified atom stereocenters. The number of nitrogens with zero attached hydrogens (tertiary/aromatic N) is 4. The molecule has 0 N–H and O–H groups in total. The minimum absolute atomic E-state index is 0.00633. The fourth-order valence-corrected chi connectivity index (χ4v) is 2.92. The van der Waals surface area contributed by atoms with Gasteiger partial charge in [-0.3, -0.25) is 4.79 Å². The molecule has 21 heavy (non-hydrogen) atoms. The van der Waals surface area contributed by atoms with Gasteiger partial charge in [-0.15, -0.1) is 4.37 Å². The van der Waals surface area contributed by atoms with E-state index in [1.54, 1.807) is 4.90 Å². The number of carbonyl (C=O) groups excluding carboxylic acids is 1. The highest BCUT2D eigenvalue weighted by Gasteiger charge is 2.22. The Morgan fingerprint density at radius 2 is 2.38 bits per heavy atom. The van der Waals surface area contributed by atoms with Crippen molar-refractivity contribution in [3.8, 4) is 5.88 Å². The van der Waals surface area contributed by atoms with Crippen molar-refractivity contribution in [1.82, 2.24) is 18.5 Å². The third kappa shape index (κ3) is 3.39. The largest absolute Gasteiger partial charge is 0.474 e. The summed E-state index contributed by atoms with van der Waals surface area (Å²) in [5.74, 6) is 0.570. The summed E-state index contributed by atoms with van der Waals surface area (Å²) in [4.78, 5) is 15.3. The molecule has 114 valence electrons. The molecular weight excluding hydrogens is 292 g/mol. The number of likely N-dealkylation sites (N-methyl/N-ethyl adjacent to an activating group) is 1. The van der Waals surface area contributed by atoms with E-state index in [4.69, 9.17) is 9.47 Å². The van der Waals surface area contributed by atoms with Gasteiger partial charge in [0.05, 0.1) is 18.3 Å². The maximum absolute atomic E-state index is 11.4. The molecule has 7 nitrogen and oxygen atoms in total. The predicted molar refractivity (Wildman–Crippen MR) is 78.0 cm³/mol. The Labute approximate surface area is 127 Å². The fourth-order valence-electron chi connectivity index (χ4n) is 2.38. The van der Waals surface area contributed by atoms with Crippen LogP contribution in [0.15, 0.2) is 6.08 Å². The van der Waals surface area contributed by atoms with Gasteiger partial charge >= 0.3 is 0 Å². The van der Waals surface area contributed by atoms with Crippen molar-refractivity contribution in [2.24, 2.45) is 0 Å². The van der Waals surface area contributed by atoms with Crippen LogP contribution < -0.4 is 4.74 Å². The van der Waals surface area contributed by atoms with Crippen molar-refractivity contribution >= 4 is 23.2 Å². The molecule has 1 fully saturated rings. The Morgan fingerprint density at radius 1 is 1.48 bits per heavy atom. The zero-order valence-corrected chi connectivity index (χ0v) is 12.8. The predicted octanol–water partition coefficient (Wildman–Crippen LogP) is 0.452. The van der Waals surface area contributed by atoms with Gasteiger partial charge in [-0.25, -0.2) is 0 Å². The van der Waals surface area contributed by atoms with Crippen molar-refractivity contribution in [1.29, 1.82) is 0 Å². The van der Waals surface area contributed by atoms with Crippen molar-refractivity contribution in [3.63, 3.8) is 0 Å². The van der Waals surface area contributed by atoms with E-state index in [2.05, 4.69) is 26.8 Å². The number of rotatable bonds is 5. The van der Waals surface area contributed by atoms with E-state index in [9.17, 15) is 4.79 Å². The van der Waals surface area contributed by atoms with Gasteiger partial charge in [-0.1, -0.05) is 6.08 Å². The Morgan fingerprint density at radius 3 is 3.14 bits per heavy atom. The molecular formula is C13H18N4O3S. The van der Waals surface area contributed by atoms with E-state index in [1.807, 2.05) is 0 Å². The third-order valence-corrected chi connectivity index (χ3v) is 4.04. The summed E-state index contributed by atoms with van der Waals surface area (Å²) in [7, 11) is 2.09. The highest BCUT2D eigenvalue weighted by atomic mass is 32.1. The maximum atomic E-state index is 11.4. The molecule has 3 heterocycles. The molecule has 2 aliphatic heterocycles. The first kappa shape index (κ1) is 14.4. The minimum Gasteiger partial charge on any atom is -0.474 e. The maximum Gasteiger partial charge on any atom is 0.253 e. The lowest BCUT2D eigenvalue weighted by molar-refractivity contribution is -0.127. The summed E-state index contributed by atoms with van der Waals surface area (Å²) in [6.45, 7) is 3.35. The lowest BCUT2D eigenvalue weighted by Crippen LogP contribution is -2.30. The summed E-state index contributed by atoms with van der Waals surface area (Å²) in [5.41, 5.74) is 1.99. The second kappa shape index (κ2) is 6.50. The first-order valence-corrected chi connectivity index (χ1v) is 7.66. The van der Waals surface area contributed by atoms with Crippen LogP contribution in [-0.4, -0.2) is 71.1 Å². The highest BCUT2D eigenvalue weighted by Crippen LogP contribution is 2.26. The van der Waals surface area contributed by atoms with E-state index in [-0.39, 0.29) is 12.5 Å². The summed E-state index contributed by atoms with van der Waals surface area (Å²) in [6.07, 6.45) is 3.21. The number of hydrogen-bond donors (Lipinski definition) is 0. The standard InChI is InChI=1S/C13H18N4O3S/c1-16-4-2-3-10(7-16)12-13(15-21-14-12)20-6-5-17-9-19-8-11(17)18/h3H,2,4-9H2,1H3. The summed E-state index contributed by atoms with van der Waals surface area (Å²) >= 11 is 1.15. The van der Waals surface area contributed by atoms with Gasteiger partial charge in [0.15, 0.2) is 0 Å². The van der Waals surface area contributed by atoms with Crippen LogP contribution in [0.5, 0.6) is 5.88 Å². The molecule has 2 aliphatic rings. The number of aromatic nitrogens is 2. The van der Waals surface area contributed by atoms with Crippen LogP contribution in [-0.2, 0) is 9.53 Å². The number of ether oxygens (including phenoxy) is 2. The highest BCUT2D eigenvalue weighted by molar-refractivity contribution is 6.99. The van der Waals surface area contributed by atoms with Gasteiger partial charge in [0.1, 0.15) is 25.6 Å². The van der Waals surface area contributed by atoms with Crippen LogP contribution in [0, 0.1) is 0 Å². The first-order chi connectivity index (χ1) is 10.2. The van der Waals surface area contributed by atoms with Crippen LogP contribution >= 0.6 is 11.7 Å². The van der Waals surface area contributed by atoms with E-state index in [0.29, 0.717) is 25.8 Å². The molecule has 1 amide bonds. The molecule has 0 radical (unpaired) electrons. The van der Waals surface area contributed by atoms with E-state index >= 15 is 0 Å². The topological polar surface area (TPSA) is 67.8 Å². The molecule has 0 aromatic carbocycles. The van der Waals surface area contributed by atoms with Crippen molar-refractivity contribution in [3.05, 3.63) is 11.8 Å². The molecule has 8 heteroatoms. The Balaban J connectivity index is 1.58. The molecule has 0 aliphatic carbocycles. The summed E-state index contributed by atoms with van der Waals surface area (Å²) in [5, 5.41) is 0. The van der Waals surface area contributed by atoms with Gasteiger partial charge in [0.25, 0.3) is 11.8 Å². The smallest absolute Gasteiger partial charge is 0.253 e. The monoisotopic (exact) mass is 310 g/mol. The Kier molecular flexibility index (Phi) is 4.47. The summed E-state index contributed by atoms with van der Waals surface area (Å²) < 4.78 is 19.3. The second-order valence-electron chi connectivity index (χ2n) is 5.16. The third-order valence-electron chi connectivity index (χ3n) is 3.53. The van der Waals surface area contributed by atoms with Crippen LogP contribution in [0.1, 0.15) is 12.1 Å². The molecule has 3 rings (SSSR count). The van der Waals surface area contributed by atoms with E-state index in [0.717, 1.165) is 42.5 Å². The van der Waals surface area contributed by atoms with E-state index < -0.39 is 0 Å². The van der Waals surface area contributed by atoms with Crippen LogP contribution in [0.4, 0.5) is 0 Å². The molecule has 0 bridgehead atoms. The summed E-state index contributed by atoms with van der Waals surface area (Å²) in [6, 6.07) is 0.